The fraction of sp³-hybridized carbons (Fsp3) is 0.929. The average molecular weight is 305 g/mol. The van der Waals surface area contributed by atoms with Gasteiger partial charge in [0.05, 0.1) is 17.0 Å². The smallest absolute Gasteiger partial charge is 0.191 e. The molecule has 5 nitrogen and oxygen atoms in total. The maximum absolute atomic E-state index is 12.0. The zero-order valence-electron chi connectivity index (χ0n) is 13.9. The number of hydrogen-bond donors (Lipinski definition) is 2. The molecule has 0 aromatic carbocycles. The molecule has 0 amide bonds. The maximum atomic E-state index is 12.0. The van der Waals surface area contributed by atoms with Crippen LogP contribution in [0.2, 0.25) is 0 Å². The van der Waals surface area contributed by atoms with Crippen LogP contribution in [-0.2, 0) is 9.84 Å². The molecule has 0 fully saturated rings. The van der Waals surface area contributed by atoms with Gasteiger partial charge >= 0.3 is 0 Å². The summed E-state index contributed by atoms with van der Waals surface area (Å²) in [5.74, 6) is 1.23. The normalized spacial score (nSPS) is 15.3. The largest absolute Gasteiger partial charge is 0.357 e. The van der Waals surface area contributed by atoms with Gasteiger partial charge in [-0.05, 0) is 40.5 Å². The molecule has 0 radical (unpaired) electrons. The minimum absolute atomic E-state index is 0.0726. The lowest BCUT2D eigenvalue weighted by Crippen LogP contribution is -2.44. The number of aliphatic imine (C=N–C) groups is 1. The summed E-state index contributed by atoms with van der Waals surface area (Å²) in [6, 6.07) is 0.284. The molecule has 0 aliphatic rings. The van der Waals surface area contributed by atoms with Gasteiger partial charge in [0.2, 0.25) is 0 Å². The number of nitrogens with one attached hydrogen (secondary N) is 2. The zero-order chi connectivity index (χ0) is 16.0. The number of sulfone groups is 1. The Labute approximate surface area is 124 Å². The van der Waals surface area contributed by atoms with E-state index >= 15 is 0 Å². The second-order valence-electron chi connectivity index (χ2n) is 6.37. The molecule has 0 aromatic heterocycles. The second kappa shape index (κ2) is 7.86. The summed E-state index contributed by atoms with van der Waals surface area (Å²) in [4.78, 5) is 4.35. The first-order valence-electron chi connectivity index (χ1n) is 7.28. The summed E-state index contributed by atoms with van der Waals surface area (Å²) in [7, 11) is -3.12. The van der Waals surface area contributed by atoms with Gasteiger partial charge in [0.15, 0.2) is 15.8 Å². The first-order chi connectivity index (χ1) is 9.01. The highest BCUT2D eigenvalue weighted by atomic mass is 32.2. The molecule has 1 atom stereocenters. The van der Waals surface area contributed by atoms with Crippen molar-refractivity contribution in [2.75, 3.05) is 18.8 Å². The van der Waals surface area contributed by atoms with Crippen LogP contribution in [0.1, 0.15) is 48.5 Å². The minimum atomic E-state index is -3.12. The Morgan fingerprint density at radius 2 is 1.75 bits per heavy atom. The van der Waals surface area contributed by atoms with E-state index in [0.717, 1.165) is 6.54 Å². The van der Waals surface area contributed by atoms with Crippen LogP contribution in [0.4, 0.5) is 0 Å². The van der Waals surface area contributed by atoms with E-state index in [9.17, 15) is 8.42 Å². The topological polar surface area (TPSA) is 70.6 Å². The standard InChI is InChI=1S/C14H31N3O2S/c1-8-15-13(17-12(4)11(2)3)16-9-10-20(18,19)14(5,6)7/h11-12H,8-10H2,1-7H3,(H2,15,16,17). The number of rotatable bonds is 6. The predicted octanol–water partition coefficient (Wildman–Crippen LogP) is 1.80. The van der Waals surface area contributed by atoms with E-state index in [1.807, 2.05) is 6.92 Å². The number of guanidine groups is 1. The Kier molecular flexibility index (Phi) is 7.55. The number of nitrogens with zero attached hydrogens (tertiary/aromatic N) is 1. The van der Waals surface area contributed by atoms with E-state index in [0.29, 0.717) is 11.9 Å². The van der Waals surface area contributed by atoms with E-state index in [-0.39, 0.29) is 18.3 Å². The second-order valence-corrected chi connectivity index (χ2v) is 9.23. The fourth-order valence-corrected chi connectivity index (χ4v) is 2.23. The van der Waals surface area contributed by atoms with Gasteiger partial charge in [-0.25, -0.2) is 8.42 Å². The molecule has 0 saturated carbocycles. The molecule has 0 bridgehead atoms. The monoisotopic (exact) mass is 305 g/mol. The lowest BCUT2D eigenvalue weighted by molar-refractivity contribution is 0.481. The van der Waals surface area contributed by atoms with Crippen molar-refractivity contribution in [3.8, 4) is 0 Å². The van der Waals surface area contributed by atoms with Gasteiger partial charge < -0.3 is 10.6 Å². The van der Waals surface area contributed by atoms with Crippen molar-refractivity contribution >= 4 is 15.8 Å². The van der Waals surface area contributed by atoms with Gasteiger partial charge in [-0.3, -0.25) is 4.99 Å². The van der Waals surface area contributed by atoms with Crippen LogP contribution in [0, 0.1) is 5.92 Å². The average Bonchev–Trinajstić information content (AvgIpc) is 2.27. The maximum Gasteiger partial charge on any atom is 0.191 e. The molecule has 0 aliphatic carbocycles. The molecule has 20 heavy (non-hydrogen) atoms. The molecule has 1 unspecified atom stereocenters. The molecule has 0 spiro atoms. The van der Waals surface area contributed by atoms with Crippen molar-refractivity contribution in [2.24, 2.45) is 10.9 Å². The minimum Gasteiger partial charge on any atom is -0.357 e. The fourth-order valence-electron chi connectivity index (χ4n) is 1.29. The molecule has 120 valence electrons. The summed E-state index contributed by atoms with van der Waals surface area (Å²) in [5.41, 5.74) is 0. The summed E-state index contributed by atoms with van der Waals surface area (Å²) in [6.07, 6.45) is 0. The van der Waals surface area contributed by atoms with Gasteiger partial charge in [-0.15, -0.1) is 0 Å². The highest BCUT2D eigenvalue weighted by Gasteiger charge is 2.28. The van der Waals surface area contributed by atoms with E-state index in [2.05, 4.69) is 36.4 Å². The molecule has 0 rings (SSSR count). The highest BCUT2D eigenvalue weighted by Crippen LogP contribution is 2.15. The highest BCUT2D eigenvalue weighted by molar-refractivity contribution is 7.92. The molecule has 6 heteroatoms. The van der Waals surface area contributed by atoms with Gasteiger partial charge in [0.25, 0.3) is 0 Å². The Morgan fingerprint density at radius 3 is 2.15 bits per heavy atom. The predicted molar refractivity (Wildman–Crippen MR) is 87.0 cm³/mol. The van der Waals surface area contributed by atoms with Crippen LogP contribution in [-0.4, -0.2) is 44.0 Å². The lowest BCUT2D eigenvalue weighted by Gasteiger charge is -2.21. The third-order valence-corrected chi connectivity index (χ3v) is 5.86. The van der Waals surface area contributed by atoms with Crippen LogP contribution in [0.25, 0.3) is 0 Å². The van der Waals surface area contributed by atoms with E-state index < -0.39 is 14.6 Å². The summed E-state index contributed by atoms with van der Waals surface area (Å²) in [5, 5.41) is 6.42. The van der Waals surface area contributed by atoms with Crippen molar-refractivity contribution in [3.63, 3.8) is 0 Å². The summed E-state index contributed by atoms with van der Waals surface area (Å²) >= 11 is 0. The molecular weight excluding hydrogens is 274 g/mol. The van der Waals surface area contributed by atoms with Crippen LogP contribution in [0.3, 0.4) is 0 Å². The Hall–Kier alpha value is -0.780. The molecule has 0 heterocycles. The Morgan fingerprint density at radius 1 is 1.20 bits per heavy atom. The molecule has 0 aliphatic heterocycles. The molecule has 0 aromatic rings. The van der Waals surface area contributed by atoms with Gasteiger partial charge in [-0.2, -0.15) is 0 Å². The van der Waals surface area contributed by atoms with Gasteiger partial charge in [0, 0.05) is 12.6 Å². The first kappa shape index (κ1) is 19.2. The first-order valence-corrected chi connectivity index (χ1v) is 8.93. The van der Waals surface area contributed by atoms with Gasteiger partial charge in [0.1, 0.15) is 0 Å². The Balaban J connectivity index is 4.65. The van der Waals surface area contributed by atoms with Crippen LogP contribution in [0.5, 0.6) is 0 Å². The Bertz CT molecular complexity index is 409. The lowest BCUT2D eigenvalue weighted by atomic mass is 10.1. The van der Waals surface area contributed by atoms with Crippen molar-refractivity contribution < 1.29 is 8.42 Å². The number of hydrogen-bond acceptors (Lipinski definition) is 3. The SMILES string of the molecule is CCNC(=NCCS(=O)(=O)C(C)(C)C)NC(C)C(C)C. The quantitative estimate of drug-likeness (QED) is 0.580. The van der Waals surface area contributed by atoms with Crippen LogP contribution >= 0.6 is 0 Å². The van der Waals surface area contributed by atoms with Gasteiger partial charge in [-0.1, -0.05) is 13.8 Å². The van der Waals surface area contributed by atoms with E-state index in [1.54, 1.807) is 20.8 Å². The molecule has 2 N–H and O–H groups in total. The summed E-state index contributed by atoms with van der Waals surface area (Å²) in [6.45, 7) is 14.5. The van der Waals surface area contributed by atoms with Crippen LogP contribution < -0.4 is 10.6 Å². The van der Waals surface area contributed by atoms with E-state index in [4.69, 9.17) is 0 Å². The zero-order valence-corrected chi connectivity index (χ0v) is 14.8. The van der Waals surface area contributed by atoms with Crippen molar-refractivity contribution in [1.29, 1.82) is 0 Å². The molecule has 0 saturated heterocycles. The molecular formula is C14H31N3O2S. The third kappa shape index (κ3) is 6.59. The van der Waals surface area contributed by atoms with Crippen molar-refractivity contribution in [1.82, 2.24) is 10.6 Å². The van der Waals surface area contributed by atoms with Crippen LogP contribution in [0.15, 0.2) is 4.99 Å². The summed E-state index contributed by atoms with van der Waals surface area (Å²) < 4.78 is 23.3. The van der Waals surface area contributed by atoms with Crippen molar-refractivity contribution in [3.05, 3.63) is 0 Å². The van der Waals surface area contributed by atoms with E-state index in [1.165, 1.54) is 0 Å². The van der Waals surface area contributed by atoms with Crippen molar-refractivity contribution in [2.45, 2.75) is 59.3 Å². The third-order valence-electron chi connectivity index (χ3n) is 3.27.